The molecule has 0 aromatic heterocycles. The SMILES string of the molecule is Cc1ccc(NC2=NCCCS2)cc1F. The first-order valence-corrected chi connectivity index (χ1v) is 5.95. The molecule has 4 heteroatoms. The summed E-state index contributed by atoms with van der Waals surface area (Å²) in [5.41, 5.74) is 1.44. The van der Waals surface area contributed by atoms with Gasteiger partial charge in [-0.05, 0) is 31.0 Å². The van der Waals surface area contributed by atoms with Crippen molar-refractivity contribution in [3.8, 4) is 0 Å². The van der Waals surface area contributed by atoms with Crippen LogP contribution in [-0.4, -0.2) is 17.5 Å². The molecule has 1 aromatic carbocycles. The molecular formula is C11H13FN2S. The molecule has 0 saturated carbocycles. The number of rotatable bonds is 1. The minimum Gasteiger partial charge on any atom is -0.335 e. The monoisotopic (exact) mass is 224 g/mol. The van der Waals surface area contributed by atoms with Crippen molar-refractivity contribution < 1.29 is 4.39 Å². The number of aryl methyl sites for hydroxylation is 1. The summed E-state index contributed by atoms with van der Waals surface area (Å²) >= 11 is 1.68. The van der Waals surface area contributed by atoms with Crippen molar-refractivity contribution in [2.45, 2.75) is 13.3 Å². The van der Waals surface area contributed by atoms with E-state index in [2.05, 4.69) is 10.3 Å². The molecule has 0 bridgehead atoms. The number of nitrogens with one attached hydrogen (secondary N) is 1. The van der Waals surface area contributed by atoms with E-state index in [9.17, 15) is 4.39 Å². The smallest absolute Gasteiger partial charge is 0.161 e. The Morgan fingerprint density at radius 1 is 1.47 bits per heavy atom. The van der Waals surface area contributed by atoms with Crippen LogP contribution in [0.25, 0.3) is 0 Å². The van der Waals surface area contributed by atoms with E-state index in [1.54, 1.807) is 24.8 Å². The van der Waals surface area contributed by atoms with E-state index in [1.165, 1.54) is 6.07 Å². The molecule has 0 radical (unpaired) electrons. The maximum Gasteiger partial charge on any atom is 0.161 e. The van der Waals surface area contributed by atoms with Gasteiger partial charge in [0, 0.05) is 18.0 Å². The van der Waals surface area contributed by atoms with Gasteiger partial charge in [0.2, 0.25) is 0 Å². The van der Waals surface area contributed by atoms with Gasteiger partial charge in [-0.25, -0.2) is 4.39 Å². The molecule has 1 aromatic rings. The van der Waals surface area contributed by atoms with E-state index in [0.717, 1.165) is 29.6 Å². The predicted molar refractivity (Wildman–Crippen MR) is 64.1 cm³/mol. The zero-order chi connectivity index (χ0) is 10.7. The molecular weight excluding hydrogens is 211 g/mol. The second-order valence-electron chi connectivity index (χ2n) is 3.48. The summed E-state index contributed by atoms with van der Waals surface area (Å²) in [6.07, 6.45) is 1.12. The number of hydrogen-bond acceptors (Lipinski definition) is 3. The van der Waals surface area contributed by atoms with Crippen molar-refractivity contribution in [2.24, 2.45) is 4.99 Å². The molecule has 2 nitrogen and oxygen atoms in total. The Morgan fingerprint density at radius 3 is 3.00 bits per heavy atom. The molecule has 0 unspecified atom stereocenters. The molecule has 0 saturated heterocycles. The molecule has 1 aliphatic rings. The lowest BCUT2D eigenvalue weighted by molar-refractivity contribution is 0.619. The summed E-state index contributed by atoms with van der Waals surface area (Å²) in [7, 11) is 0. The largest absolute Gasteiger partial charge is 0.335 e. The highest BCUT2D eigenvalue weighted by atomic mass is 32.2. The second kappa shape index (κ2) is 4.66. The highest BCUT2D eigenvalue weighted by Crippen LogP contribution is 2.18. The number of amidine groups is 1. The molecule has 0 fully saturated rings. The van der Waals surface area contributed by atoms with Gasteiger partial charge < -0.3 is 5.32 Å². The maximum atomic E-state index is 13.2. The van der Waals surface area contributed by atoms with E-state index >= 15 is 0 Å². The van der Waals surface area contributed by atoms with Crippen LogP contribution in [0.15, 0.2) is 23.2 Å². The summed E-state index contributed by atoms with van der Waals surface area (Å²) in [5.74, 6) is 0.904. The number of anilines is 1. The second-order valence-corrected chi connectivity index (χ2v) is 4.56. The quantitative estimate of drug-likeness (QED) is 0.793. The van der Waals surface area contributed by atoms with Gasteiger partial charge in [0.05, 0.1) is 0 Å². The van der Waals surface area contributed by atoms with E-state index < -0.39 is 0 Å². The molecule has 1 aliphatic heterocycles. The van der Waals surface area contributed by atoms with Gasteiger partial charge in [-0.15, -0.1) is 0 Å². The third-order valence-corrected chi connectivity index (χ3v) is 3.22. The summed E-state index contributed by atoms with van der Waals surface area (Å²) in [4.78, 5) is 4.32. The summed E-state index contributed by atoms with van der Waals surface area (Å²) < 4.78 is 13.2. The number of aliphatic imine (C=N–C) groups is 1. The van der Waals surface area contributed by atoms with Gasteiger partial charge in [0.1, 0.15) is 5.82 Å². The zero-order valence-corrected chi connectivity index (χ0v) is 9.40. The Balaban J connectivity index is 2.10. The minimum atomic E-state index is -0.179. The Hall–Kier alpha value is -1.03. The average Bonchev–Trinajstić information content (AvgIpc) is 2.25. The summed E-state index contributed by atoms with van der Waals surface area (Å²) in [5, 5.41) is 4.01. The van der Waals surface area contributed by atoms with Crippen LogP contribution in [0, 0.1) is 12.7 Å². The van der Waals surface area contributed by atoms with E-state index in [-0.39, 0.29) is 5.82 Å². The number of nitrogens with zero attached hydrogens (tertiary/aromatic N) is 1. The third-order valence-electron chi connectivity index (χ3n) is 2.22. The first-order valence-electron chi connectivity index (χ1n) is 4.96. The molecule has 15 heavy (non-hydrogen) atoms. The van der Waals surface area contributed by atoms with Crippen LogP contribution < -0.4 is 5.32 Å². The molecule has 2 rings (SSSR count). The molecule has 0 spiro atoms. The van der Waals surface area contributed by atoms with Crippen molar-refractivity contribution in [2.75, 3.05) is 17.6 Å². The van der Waals surface area contributed by atoms with Gasteiger partial charge in [-0.1, -0.05) is 17.8 Å². The average molecular weight is 224 g/mol. The Bertz CT molecular complexity index is 390. The van der Waals surface area contributed by atoms with Crippen molar-refractivity contribution in [1.82, 2.24) is 0 Å². The lowest BCUT2D eigenvalue weighted by Crippen LogP contribution is -2.13. The maximum absolute atomic E-state index is 13.2. The fraction of sp³-hybridized carbons (Fsp3) is 0.364. The molecule has 0 aliphatic carbocycles. The van der Waals surface area contributed by atoms with Crippen molar-refractivity contribution in [3.05, 3.63) is 29.6 Å². The predicted octanol–water partition coefficient (Wildman–Crippen LogP) is 3.04. The number of halogens is 1. The van der Waals surface area contributed by atoms with Gasteiger partial charge in [0.25, 0.3) is 0 Å². The van der Waals surface area contributed by atoms with Crippen LogP contribution >= 0.6 is 11.8 Å². The highest BCUT2D eigenvalue weighted by molar-refractivity contribution is 8.14. The molecule has 1 N–H and O–H groups in total. The van der Waals surface area contributed by atoms with Crippen LogP contribution in [-0.2, 0) is 0 Å². The van der Waals surface area contributed by atoms with E-state index in [0.29, 0.717) is 5.56 Å². The first kappa shape index (κ1) is 10.5. The van der Waals surface area contributed by atoms with Crippen LogP contribution in [0.2, 0.25) is 0 Å². The van der Waals surface area contributed by atoms with Gasteiger partial charge in [-0.3, -0.25) is 4.99 Å². The van der Waals surface area contributed by atoms with Crippen molar-refractivity contribution in [1.29, 1.82) is 0 Å². The highest BCUT2D eigenvalue weighted by Gasteiger charge is 2.06. The Kier molecular flexibility index (Phi) is 3.26. The normalized spacial score (nSPS) is 16.0. The Morgan fingerprint density at radius 2 is 2.33 bits per heavy atom. The molecule has 1 heterocycles. The van der Waals surface area contributed by atoms with Gasteiger partial charge in [-0.2, -0.15) is 0 Å². The van der Waals surface area contributed by atoms with Crippen molar-refractivity contribution >= 4 is 22.6 Å². The van der Waals surface area contributed by atoms with Crippen LogP contribution in [0.5, 0.6) is 0 Å². The van der Waals surface area contributed by atoms with E-state index in [4.69, 9.17) is 0 Å². The first-order chi connectivity index (χ1) is 7.25. The number of thioether (sulfide) groups is 1. The van der Waals surface area contributed by atoms with Crippen LogP contribution in [0.4, 0.5) is 10.1 Å². The van der Waals surface area contributed by atoms with Crippen LogP contribution in [0.1, 0.15) is 12.0 Å². The molecule has 0 amide bonds. The lowest BCUT2D eigenvalue weighted by Gasteiger charge is -2.13. The molecule has 80 valence electrons. The fourth-order valence-corrected chi connectivity index (χ4v) is 2.17. The zero-order valence-electron chi connectivity index (χ0n) is 8.59. The topological polar surface area (TPSA) is 24.4 Å². The minimum absolute atomic E-state index is 0.179. The standard InChI is InChI=1S/C11H13FN2S/c1-8-3-4-9(7-10(8)12)14-11-13-5-2-6-15-11/h3-4,7H,2,5-6H2,1H3,(H,13,14). The third kappa shape index (κ3) is 2.72. The fourth-order valence-electron chi connectivity index (χ4n) is 1.33. The van der Waals surface area contributed by atoms with Crippen LogP contribution in [0.3, 0.4) is 0 Å². The number of benzene rings is 1. The van der Waals surface area contributed by atoms with Crippen molar-refractivity contribution in [3.63, 3.8) is 0 Å². The van der Waals surface area contributed by atoms with E-state index in [1.807, 2.05) is 6.07 Å². The Labute approximate surface area is 93.0 Å². The number of hydrogen-bond donors (Lipinski definition) is 1. The lowest BCUT2D eigenvalue weighted by atomic mass is 10.2. The van der Waals surface area contributed by atoms with Gasteiger partial charge >= 0.3 is 0 Å². The molecule has 0 atom stereocenters. The summed E-state index contributed by atoms with van der Waals surface area (Å²) in [6, 6.07) is 5.15. The van der Waals surface area contributed by atoms with Gasteiger partial charge in [0.15, 0.2) is 5.17 Å². The summed E-state index contributed by atoms with van der Waals surface area (Å²) in [6.45, 7) is 2.62.